The van der Waals surface area contributed by atoms with Gasteiger partial charge in [0.2, 0.25) is 0 Å². The lowest BCUT2D eigenvalue weighted by Gasteiger charge is -2.31. The van der Waals surface area contributed by atoms with Crippen LogP contribution in [0.2, 0.25) is 5.02 Å². The molecule has 7 heteroatoms. The molecule has 5 rings (SSSR count). The van der Waals surface area contributed by atoms with Crippen LogP contribution < -0.4 is 14.8 Å². The standard InChI is InChI=1S/C28H26ClN3O3/c1-3-35-22-13-10-19(11-14-22)27-25-9-6-16-31(25)24-8-5-4-7-20(24)18-32(27)28(33)30-23-17-21(29)12-15-26(23)34-2/h4-17,27H,3,18H2,1-2H3,(H,30,33)/t27-/m0/s1. The van der Waals surface area contributed by atoms with Crippen molar-refractivity contribution in [2.24, 2.45) is 0 Å². The summed E-state index contributed by atoms with van der Waals surface area (Å²) in [6.45, 7) is 2.97. The van der Waals surface area contributed by atoms with Gasteiger partial charge in [-0.05, 0) is 66.6 Å². The Kier molecular flexibility index (Phi) is 6.38. The van der Waals surface area contributed by atoms with E-state index in [2.05, 4.69) is 28.1 Å². The minimum Gasteiger partial charge on any atom is -0.495 e. The van der Waals surface area contributed by atoms with E-state index in [0.29, 0.717) is 29.6 Å². The largest absolute Gasteiger partial charge is 0.495 e. The molecule has 0 saturated heterocycles. The third-order valence-electron chi connectivity index (χ3n) is 6.13. The van der Waals surface area contributed by atoms with Crippen molar-refractivity contribution in [1.82, 2.24) is 9.47 Å². The van der Waals surface area contributed by atoms with Crippen molar-refractivity contribution >= 4 is 23.3 Å². The van der Waals surface area contributed by atoms with Gasteiger partial charge in [0.05, 0.1) is 37.7 Å². The monoisotopic (exact) mass is 487 g/mol. The molecule has 3 aromatic carbocycles. The van der Waals surface area contributed by atoms with Gasteiger partial charge in [0, 0.05) is 16.9 Å². The van der Waals surface area contributed by atoms with Crippen LogP contribution in [0.15, 0.2) is 85.1 Å². The fraction of sp³-hybridized carbons (Fsp3) is 0.179. The van der Waals surface area contributed by atoms with Gasteiger partial charge in [0.15, 0.2) is 0 Å². The van der Waals surface area contributed by atoms with Crippen LogP contribution in [0.3, 0.4) is 0 Å². The summed E-state index contributed by atoms with van der Waals surface area (Å²) in [5.41, 5.74) is 4.59. The summed E-state index contributed by atoms with van der Waals surface area (Å²) in [6.07, 6.45) is 2.04. The quantitative estimate of drug-likeness (QED) is 0.342. The van der Waals surface area contributed by atoms with E-state index in [1.54, 1.807) is 25.3 Å². The first kappa shape index (κ1) is 22.9. The molecule has 1 atom stereocenters. The zero-order valence-corrected chi connectivity index (χ0v) is 20.3. The third-order valence-corrected chi connectivity index (χ3v) is 6.37. The van der Waals surface area contributed by atoms with Crippen LogP contribution in [0, 0.1) is 0 Å². The zero-order chi connectivity index (χ0) is 24.4. The highest BCUT2D eigenvalue weighted by molar-refractivity contribution is 6.31. The Labute approximate surface area is 209 Å². The van der Waals surface area contributed by atoms with Gasteiger partial charge in [-0.15, -0.1) is 0 Å². The minimum atomic E-state index is -0.335. The average molecular weight is 488 g/mol. The molecule has 1 N–H and O–H groups in total. The van der Waals surface area contributed by atoms with Crippen molar-refractivity contribution in [2.75, 3.05) is 19.0 Å². The minimum absolute atomic E-state index is 0.256. The summed E-state index contributed by atoms with van der Waals surface area (Å²) in [6, 6.07) is 24.7. The van der Waals surface area contributed by atoms with Crippen LogP contribution in [0.1, 0.15) is 29.8 Å². The van der Waals surface area contributed by atoms with Crippen LogP contribution >= 0.6 is 11.6 Å². The number of benzene rings is 3. The lowest BCUT2D eigenvalue weighted by Crippen LogP contribution is -2.38. The predicted octanol–water partition coefficient (Wildman–Crippen LogP) is 6.68. The number of nitrogens with zero attached hydrogens (tertiary/aromatic N) is 2. The Hall–Kier alpha value is -3.90. The van der Waals surface area contributed by atoms with Crippen molar-refractivity contribution in [1.29, 1.82) is 0 Å². The number of carbonyl (C=O) groups excluding carboxylic acids is 1. The number of hydrogen-bond donors (Lipinski definition) is 1. The molecule has 0 saturated carbocycles. The number of fused-ring (bicyclic) bond motifs is 3. The molecule has 2 amide bonds. The summed E-state index contributed by atoms with van der Waals surface area (Å²) in [5, 5.41) is 3.54. The third kappa shape index (κ3) is 4.45. The Bertz CT molecular complexity index is 1350. The number of nitrogens with one attached hydrogen (secondary N) is 1. The van der Waals surface area contributed by atoms with Gasteiger partial charge < -0.3 is 24.3 Å². The molecule has 2 heterocycles. The number of para-hydroxylation sites is 1. The molecule has 0 unspecified atom stereocenters. The number of halogens is 1. The second-order valence-electron chi connectivity index (χ2n) is 8.24. The van der Waals surface area contributed by atoms with Crippen LogP contribution in [-0.2, 0) is 6.54 Å². The van der Waals surface area contributed by atoms with E-state index in [-0.39, 0.29) is 12.1 Å². The molecule has 0 aliphatic carbocycles. The fourth-order valence-electron chi connectivity index (χ4n) is 4.57. The second kappa shape index (κ2) is 9.76. The molecule has 0 radical (unpaired) electrons. The maximum absolute atomic E-state index is 13.9. The predicted molar refractivity (Wildman–Crippen MR) is 138 cm³/mol. The van der Waals surface area contributed by atoms with Gasteiger partial charge in [-0.1, -0.05) is 41.9 Å². The van der Waals surface area contributed by atoms with E-state index < -0.39 is 0 Å². The zero-order valence-electron chi connectivity index (χ0n) is 19.6. The second-order valence-corrected chi connectivity index (χ2v) is 8.68. The summed E-state index contributed by atoms with van der Waals surface area (Å²) >= 11 is 6.22. The number of rotatable bonds is 5. The number of ether oxygens (including phenoxy) is 2. The Balaban J connectivity index is 1.60. The van der Waals surface area contributed by atoms with Crippen LogP contribution in [0.5, 0.6) is 11.5 Å². The maximum Gasteiger partial charge on any atom is 0.323 e. The highest BCUT2D eigenvalue weighted by Crippen LogP contribution is 2.38. The molecule has 1 aliphatic rings. The van der Waals surface area contributed by atoms with Crippen LogP contribution in [0.4, 0.5) is 10.5 Å². The molecular formula is C28H26ClN3O3. The molecule has 4 aromatic rings. The van der Waals surface area contributed by atoms with Gasteiger partial charge >= 0.3 is 6.03 Å². The molecule has 1 aliphatic heterocycles. The van der Waals surface area contributed by atoms with Gasteiger partial charge in [0.25, 0.3) is 0 Å². The summed E-state index contributed by atoms with van der Waals surface area (Å²) in [7, 11) is 1.57. The number of methoxy groups -OCH3 is 1. The van der Waals surface area contributed by atoms with Crippen molar-refractivity contribution in [3.63, 3.8) is 0 Å². The molecule has 0 bridgehead atoms. The number of amides is 2. The molecule has 35 heavy (non-hydrogen) atoms. The smallest absolute Gasteiger partial charge is 0.323 e. The van der Waals surface area contributed by atoms with Crippen molar-refractivity contribution in [2.45, 2.75) is 19.5 Å². The maximum atomic E-state index is 13.9. The molecule has 6 nitrogen and oxygen atoms in total. The van der Waals surface area contributed by atoms with E-state index >= 15 is 0 Å². The van der Waals surface area contributed by atoms with Crippen molar-refractivity contribution < 1.29 is 14.3 Å². The number of urea groups is 1. The lowest BCUT2D eigenvalue weighted by molar-refractivity contribution is 0.194. The van der Waals surface area contributed by atoms with Crippen molar-refractivity contribution in [3.8, 4) is 17.2 Å². The first-order chi connectivity index (χ1) is 17.1. The highest BCUT2D eigenvalue weighted by atomic mass is 35.5. The number of aromatic nitrogens is 1. The van der Waals surface area contributed by atoms with E-state index in [0.717, 1.165) is 28.3 Å². The topological polar surface area (TPSA) is 55.7 Å². The van der Waals surface area contributed by atoms with Crippen molar-refractivity contribution in [3.05, 3.63) is 107 Å². The molecule has 1 aromatic heterocycles. The van der Waals surface area contributed by atoms with E-state index in [9.17, 15) is 4.79 Å². The fourth-order valence-corrected chi connectivity index (χ4v) is 4.74. The Morgan fingerprint density at radius 2 is 1.86 bits per heavy atom. The lowest BCUT2D eigenvalue weighted by atomic mass is 10.0. The molecule has 178 valence electrons. The normalized spacial score (nSPS) is 14.5. The average Bonchev–Trinajstić information content (AvgIpc) is 3.29. The summed E-state index contributed by atoms with van der Waals surface area (Å²) in [4.78, 5) is 15.7. The molecule has 0 fully saturated rings. The molecule has 0 spiro atoms. The van der Waals surface area contributed by atoms with E-state index in [1.165, 1.54) is 0 Å². The van der Waals surface area contributed by atoms with Crippen LogP contribution in [-0.4, -0.2) is 29.2 Å². The van der Waals surface area contributed by atoms with Gasteiger partial charge in [-0.25, -0.2) is 4.79 Å². The Morgan fingerprint density at radius 3 is 2.63 bits per heavy atom. The number of hydrogen-bond acceptors (Lipinski definition) is 3. The van der Waals surface area contributed by atoms with Gasteiger partial charge in [-0.2, -0.15) is 0 Å². The number of carbonyl (C=O) groups is 1. The Morgan fingerprint density at radius 1 is 1.06 bits per heavy atom. The first-order valence-electron chi connectivity index (χ1n) is 11.5. The molecular weight excluding hydrogens is 462 g/mol. The van der Waals surface area contributed by atoms with E-state index in [1.807, 2.05) is 60.5 Å². The SMILES string of the molecule is CCOc1ccc([C@H]2c3cccn3-c3ccccc3CN2C(=O)Nc2cc(Cl)ccc2OC)cc1. The van der Waals surface area contributed by atoms with Crippen LogP contribution in [0.25, 0.3) is 5.69 Å². The number of anilines is 1. The van der Waals surface area contributed by atoms with Gasteiger partial charge in [-0.3, -0.25) is 0 Å². The summed E-state index contributed by atoms with van der Waals surface area (Å²) in [5.74, 6) is 1.34. The van der Waals surface area contributed by atoms with Gasteiger partial charge in [0.1, 0.15) is 11.5 Å². The highest BCUT2D eigenvalue weighted by Gasteiger charge is 2.33. The van der Waals surface area contributed by atoms with E-state index in [4.69, 9.17) is 21.1 Å². The summed E-state index contributed by atoms with van der Waals surface area (Å²) < 4.78 is 13.3. The first-order valence-corrected chi connectivity index (χ1v) is 11.9.